The number of aryl methyl sites for hydroxylation is 2. The van der Waals surface area contributed by atoms with E-state index in [1.807, 2.05) is 24.3 Å². The van der Waals surface area contributed by atoms with Gasteiger partial charge in [-0.25, -0.2) is 0 Å². The zero-order valence-electron chi connectivity index (χ0n) is 18.2. The van der Waals surface area contributed by atoms with E-state index in [1.165, 1.54) is 5.56 Å². The number of rotatable bonds is 10. The summed E-state index contributed by atoms with van der Waals surface area (Å²) in [6.07, 6.45) is -1.52. The molecular formula is C23H23F3N6OS. The van der Waals surface area contributed by atoms with Crippen LogP contribution in [0.4, 0.5) is 13.2 Å². The number of fused-ring (bicyclic) bond motifs is 1. The van der Waals surface area contributed by atoms with Crippen LogP contribution in [0.5, 0.6) is 0 Å². The highest BCUT2D eigenvalue weighted by Crippen LogP contribution is 2.20. The maximum atomic E-state index is 12.2. The van der Waals surface area contributed by atoms with Crippen molar-refractivity contribution in [1.82, 2.24) is 30.7 Å². The Kier molecular flexibility index (Phi) is 7.51. The minimum atomic E-state index is -4.31. The van der Waals surface area contributed by atoms with E-state index in [1.54, 1.807) is 0 Å². The molecule has 0 spiro atoms. The molecule has 1 aromatic carbocycles. The maximum absolute atomic E-state index is 12.2. The van der Waals surface area contributed by atoms with Gasteiger partial charge in [-0.15, -0.1) is 15.3 Å². The smallest absolute Gasteiger partial charge is 0.350 e. The third-order valence-corrected chi connectivity index (χ3v) is 6.13. The molecule has 0 aliphatic heterocycles. The molecule has 3 aromatic heterocycles. The Morgan fingerprint density at radius 2 is 1.79 bits per heavy atom. The number of unbranched alkanes of at least 4 members (excludes halogenated alkanes) is 1. The summed E-state index contributed by atoms with van der Waals surface area (Å²) in [6.45, 7) is -0.475. The van der Waals surface area contributed by atoms with Crippen LogP contribution in [0.3, 0.4) is 0 Å². The number of nitrogens with zero attached hydrogens (tertiary/aromatic N) is 4. The van der Waals surface area contributed by atoms with E-state index in [-0.39, 0.29) is 5.01 Å². The van der Waals surface area contributed by atoms with Gasteiger partial charge in [-0.1, -0.05) is 41.7 Å². The van der Waals surface area contributed by atoms with Gasteiger partial charge in [0.05, 0.1) is 12.1 Å². The molecule has 0 unspecified atom stereocenters. The van der Waals surface area contributed by atoms with E-state index in [2.05, 4.69) is 48.9 Å². The highest BCUT2D eigenvalue weighted by atomic mass is 32.1. The lowest BCUT2D eigenvalue weighted by Crippen LogP contribution is -2.27. The lowest BCUT2D eigenvalue weighted by atomic mass is 10.1. The molecule has 0 fully saturated rings. The van der Waals surface area contributed by atoms with Crippen molar-refractivity contribution in [2.45, 2.75) is 44.7 Å². The number of amides is 1. The van der Waals surface area contributed by atoms with Crippen molar-refractivity contribution >= 4 is 28.3 Å². The fourth-order valence-electron chi connectivity index (χ4n) is 3.49. The van der Waals surface area contributed by atoms with Crippen LogP contribution in [-0.2, 0) is 19.3 Å². The molecule has 0 aliphatic carbocycles. The van der Waals surface area contributed by atoms with Crippen LogP contribution in [0.2, 0.25) is 0 Å². The summed E-state index contributed by atoms with van der Waals surface area (Å²) < 4.78 is 36.5. The normalized spacial score (nSPS) is 11.7. The first kappa shape index (κ1) is 23.8. The predicted octanol–water partition coefficient (Wildman–Crippen LogP) is 4.65. The molecule has 4 rings (SSSR count). The van der Waals surface area contributed by atoms with Gasteiger partial charge in [0.1, 0.15) is 5.01 Å². The lowest BCUT2D eigenvalue weighted by Gasteiger charge is -2.05. The van der Waals surface area contributed by atoms with Gasteiger partial charge in [0.15, 0.2) is 5.65 Å². The highest BCUT2D eigenvalue weighted by molar-refractivity contribution is 7.13. The first-order valence-corrected chi connectivity index (χ1v) is 11.7. The molecule has 7 nitrogen and oxygen atoms in total. The van der Waals surface area contributed by atoms with Gasteiger partial charge in [0.25, 0.3) is 5.91 Å². The van der Waals surface area contributed by atoms with Gasteiger partial charge in [0, 0.05) is 30.5 Å². The van der Waals surface area contributed by atoms with Gasteiger partial charge < -0.3 is 10.3 Å². The fraction of sp³-hybridized carbons (Fsp3) is 0.348. The number of nitrogens with one attached hydrogen (secondary N) is 2. The second-order valence-electron chi connectivity index (χ2n) is 7.93. The molecular weight excluding hydrogens is 465 g/mol. The number of hydrogen-bond acceptors (Lipinski definition) is 6. The number of carbonyl (C=O) groups excluding carboxylic acids is 1. The molecule has 178 valence electrons. The lowest BCUT2D eigenvalue weighted by molar-refractivity contribution is -0.132. The van der Waals surface area contributed by atoms with Gasteiger partial charge >= 0.3 is 6.18 Å². The molecule has 0 atom stereocenters. The Hall–Kier alpha value is -3.34. The average Bonchev–Trinajstić information content (AvgIpc) is 3.43. The number of benzene rings is 1. The van der Waals surface area contributed by atoms with E-state index in [0.29, 0.717) is 11.4 Å². The maximum Gasteiger partial charge on any atom is 0.390 e. The SMILES string of the molecule is O=C(NCCC(F)(F)F)c1nnc(CCCCc2cc3cc(Cc4ccccc4)[nH]c3nn2)s1. The highest BCUT2D eigenvalue weighted by Gasteiger charge is 2.27. The van der Waals surface area contributed by atoms with Gasteiger partial charge in [-0.05, 0) is 37.0 Å². The van der Waals surface area contributed by atoms with Crippen LogP contribution in [-0.4, -0.2) is 44.0 Å². The Labute approximate surface area is 197 Å². The van der Waals surface area contributed by atoms with E-state index in [4.69, 9.17) is 0 Å². The molecule has 34 heavy (non-hydrogen) atoms. The summed E-state index contributed by atoms with van der Waals surface area (Å²) in [5.74, 6) is -0.630. The van der Waals surface area contributed by atoms with Crippen LogP contribution in [0.15, 0.2) is 42.5 Å². The van der Waals surface area contributed by atoms with E-state index in [9.17, 15) is 18.0 Å². The predicted molar refractivity (Wildman–Crippen MR) is 123 cm³/mol. The van der Waals surface area contributed by atoms with Gasteiger partial charge in [0.2, 0.25) is 5.01 Å². The zero-order valence-corrected chi connectivity index (χ0v) is 19.0. The second-order valence-corrected chi connectivity index (χ2v) is 8.99. The molecule has 0 radical (unpaired) electrons. The first-order valence-electron chi connectivity index (χ1n) is 10.9. The Morgan fingerprint density at radius 3 is 2.59 bits per heavy atom. The molecule has 0 saturated carbocycles. The largest absolute Gasteiger partial charge is 0.390 e. The van der Waals surface area contributed by atoms with Crippen molar-refractivity contribution in [3.05, 3.63) is 69.4 Å². The van der Waals surface area contributed by atoms with Crippen molar-refractivity contribution in [3.8, 4) is 0 Å². The molecule has 11 heteroatoms. The quantitative estimate of drug-likeness (QED) is 0.317. The summed E-state index contributed by atoms with van der Waals surface area (Å²) in [5.41, 5.74) is 3.98. The van der Waals surface area contributed by atoms with E-state index < -0.39 is 25.0 Å². The van der Waals surface area contributed by atoms with Crippen LogP contribution in [0.25, 0.3) is 11.0 Å². The molecule has 2 N–H and O–H groups in total. The van der Waals surface area contributed by atoms with Gasteiger partial charge in [-0.3, -0.25) is 4.79 Å². The van der Waals surface area contributed by atoms with Crippen LogP contribution in [0, 0.1) is 0 Å². The molecule has 4 aromatic rings. The number of carbonyl (C=O) groups is 1. The van der Waals surface area contributed by atoms with Crippen molar-refractivity contribution in [3.63, 3.8) is 0 Å². The van der Waals surface area contributed by atoms with E-state index in [0.717, 1.165) is 59.4 Å². The van der Waals surface area contributed by atoms with Crippen molar-refractivity contribution in [1.29, 1.82) is 0 Å². The Bertz CT molecular complexity index is 1240. The van der Waals surface area contributed by atoms with Crippen molar-refractivity contribution in [2.75, 3.05) is 6.54 Å². The third-order valence-electron chi connectivity index (χ3n) is 5.15. The summed E-state index contributed by atoms with van der Waals surface area (Å²) in [6, 6.07) is 14.4. The van der Waals surface area contributed by atoms with Crippen LogP contribution < -0.4 is 5.32 Å². The minimum Gasteiger partial charge on any atom is -0.350 e. The number of aromatic nitrogens is 5. The molecule has 1 amide bonds. The monoisotopic (exact) mass is 488 g/mol. The van der Waals surface area contributed by atoms with Crippen molar-refractivity contribution in [2.24, 2.45) is 0 Å². The second kappa shape index (κ2) is 10.7. The Morgan fingerprint density at radius 1 is 1.00 bits per heavy atom. The zero-order chi connectivity index (χ0) is 24.0. The van der Waals surface area contributed by atoms with E-state index >= 15 is 0 Å². The Balaban J connectivity index is 1.23. The third kappa shape index (κ3) is 6.83. The first-order chi connectivity index (χ1) is 16.4. The van der Waals surface area contributed by atoms with Crippen LogP contribution in [0.1, 0.15) is 51.0 Å². The molecule has 3 heterocycles. The molecule has 0 saturated heterocycles. The fourth-order valence-corrected chi connectivity index (χ4v) is 4.28. The summed E-state index contributed by atoms with van der Waals surface area (Å²) in [5, 5.41) is 20.4. The molecule has 0 aliphatic rings. The van der Waals surface area contributed by atoms with Crippen molar-refractivity contribution < 1.29 is 18.0 Å². The van der Waals surface area contributed by atoms with Gasteiger partial charge in [-0.2, -0.15) is 18.3 Å². The standard InChI is InChI=1S/C23H23F3N6OS/c24-23(25,26)10-11-27-21(33)22-32-30-19(34-22)9-5-4-8-17-13-16-14-18(28-20(16)31-29-17)12-15-6-2-1-3-7-15/h1-3,6-7,13-14H,4-5,8-12H2,(H,27,33)(H,28,31). The average molecular weight is 489 g/mol. The summed E-state index contributed by atoms with van der Waals surface area (Å²) in [4.78, 5) is 15.2. The summed E-state index contributed by atoms with van der Waals surface area (Å²) >= 11 is 1.10. The number of halogens is 3. The number of H-pyrrole nitrogens is 1. The minimum absolute atomic E-state index is 0.0762. The molecule has 0 bridgehead atoms. The topological polar surface area (TPSA) is 96.5 Å². The number of alkyl halides is 3. The number of hydrogen-bond donors (Lipinski definition) is 2. The number of aromatic amines is 1. The summed E-state index contributed by atoms with van der Waals surface area (Å²) in [7, 11) is 0. The van der Waals surface area contributed by atoms with Crippen LogP contribution >= 0.6 is 11.3 Å².